The number of carbonyl (C=O) groups excluding carboxylic acids is 1. The summed E-state index contributed by atoms with van der Waals surface area (Å²) in [5, 5.41) is 11.6. The van der Waals surface area contributed by atoms with Gasteiger partial charge >= 0.3 is 5.97 Å². The van der Waals surface area contributed by atoms with Crippen molar-refractivity contribution in [3.8, 4) is 0 Å². The number of ether oxygens (including phenoxy) is 1. The highest BCUT2D eigenvalue weighted by atomic mass is 32.2. The van der Waals surface area contributed by atoms with Crippen LogP contribution >= 0.6 is 11.8 Å². The first-order chi connectivity index (χ1) is 9.19. The number of thioether (sulfide) groups is 1. The molecule has 8 heteroatoms. The molecule has 1 rings (SSSR count). The summed E-state index contributed by atoms with van der Waals surface area (Å²) in [5.74, 6) is 2.00. The van der Waals surface area contributed by atoms with E-state index in [1.165, 1.54) is 7.11 Å². The van der Waals surface area contributed by atoms with Crippen LogP contribution in [0.2, 0.25) is 0 Å². The summed E-state index contributed by atoms with van der Waals surface area (Å²) >= 11 is 1.66. The molecule has 1 heterocycles. The second kappa shape index (κ2) is 8.87. The van der Waals surface area contributed by atoms with E-state index in [4.69, 9.17) is 5.73 Å². The Hall–Kier alpha value is -1.15. The third kappa shape index (κ3) is 5.56. The van der Waals surface area contributed by atoms with Crippen LogP contribution in [-0.2, 0) is 21.8 Å². The summed E-state index contributed by atoms with van der Waals surface area (Å²) in [6.45, 7) is 2.98. The minimum Gasteiger partial charge on any atom is -0.468 e. The minimum atomic E-state index is -0.548. The van der Waals surface area contributed by atoms with Gasteiger partial charge in [-0.15, -0.1) is 5.10 Å². The highest BCUT2D eigenvalue weighted by Crippen LogP contribution is 2.11. The van der Waals surface area contributed by atoms with E-state index in [9.17, 15) is 4.79 Å². The number of tetrazole rings is 1. The average Bonchev–Trinajstić information content (AvgIpc) is 2.87. The van der Waals surface area contributed by atoms with Crippen molar-refractivity contribution in [2.75, 3.05) is 12.9 Å². The second-order valence-corrected chi connectivity index (χ2v) is 5.25. The molecule has 0 fully saturated rings. The smallest absolute Gasteiger partial charge is 0.322 e. The van der Waals surface area contributed by atoms with Crippen LogP contribution in [-0.4, -0.2) is 45.1 Å². The molecule has 1 atom stereocenters. The van der Waals surface area contributed by atoms with Crippen LogP contribution in [0.15, 0.2) is 0 Å². The predicted molar refractivity (Wildman–Crippen MR) is 73.5 cm³/mol. The first-order valence-corrected chi connectivity index (χ1v) is 7.50. The minimum absolute atomic E-state index is 0.367. The van der Waals surface area contributed by atoms with E-state index in [2.05, 4.69) is 27.2 Å². The fourth-order valence-electron chi connectivity index (χ4n) is 1.45. The van der Waals surface area contributed by atoms with Gasteiger partial charge in [0.1, 0.15) is 6.04 Å². The fourth-order valence-corrected chi connectivity index (χ4v) is 2.41. The van der Waals surface area contributed by atoms with E-state index >= 15 is 0 Å². The normalized spacial score (nSPS) is 12.4. The van der Waals surface area contributed by atoms with Crippen LogP contribution in [0.4, 0.5) is 0 Å². The Bertz CT molecular complexity index is 385. The van der Waals surface area contributed by atoms with E-state index < -0.39 is 6.04 Å². The molecule has 7 nitrogen and oxygen atoms in total. The summed E-state index contributed by atoms with van der Waals surface area (Å²) in [6.07, 6.45) is 2.77. The maximum Gasteiger partial charge on any atom is 0.322 e. The van der Waals surface area contributed by atoms with Crippen molar-refractivity contribution in [2.45, 2.75) is 44.5 Å². The Labute approximate surface area is 117 Å². The van der Waals surface area contributed by atoms with Crippen molar-refractivity contribution >= 4 is 17.7 Å². The van der Waals surface area contributed by atoms with Crippen LogP contribution in [0, 0.1) is 0 Å². The summed E-state index contributed by atoms with van der Waals surface area (Å²) in [5.41, 5.74) is 5.65. The summed E-state index contributed by atoms with van der Waals surface area (Å²) in [4.78, 5) is 11.1. The standard InChI is InChI=1S/C11H21N5O2S/c1-3-4-6-16-10(13-14-15-16)8-19-7-5-9(12)11(17)18-2/h9H,3-8,12H2,1-2H3. The third-order valence-corrected chi connectivity index (χ3v) is 3.62. The largest absolute Gasteiger partial charge is 0.468 e. The van der Waals surface area contributed by atoms with Gasteiger partial charge in [0.2, 0.25) is 0 Å². The lowest BCUT2D eigenvalue weighted by atomic mass is 10.2. The molecule has 0 aliphatic carbocycles. The lowest BCUT2D eigenvalue weighted by Gasteiger charge is -2.08. The van der Waals surface area contributed by atoms with E-state index in [0.29, 0.717) is 6.42 Å². The Balaban J connectivity index is 2.25. The van der Waals surface area contributed by atoms with Gasteiger partial charge in [0.15, 0.2) is 5.82 Å². The number of aromatic nitrogens is 4. The number of rotatable bonds is 9. The van der Waals surface area contributed by atoms with Crippen molar-refractivity contribution in [3.63, 3.8) is 0 Å². The summed E-state index contributed by atoms with van der Waals surface area (Å²) in [6, 6.07) is -0.548. The molecule has 0 saturated heterocycles. The summed E-state index contributed by atoms with van der Waals surface area (Å²) < 4.78 is 6.40. The molecule has 1 aromatic rings. The van der Waals surface area contributed by atoms with Gasteiger partial charge in [-0.05, 0) is 29.0 Å². The maximum atomic E-state index is 11.1. The van der Waals surface area contributed by atoms with Crippen molar-refractivity contribution in [3.05, 3.63) is 5.82 Å². The average molecular weight is 287 g/mol. The third-order valence-electron chi connectivity index (χ3n) is 2.64. The van der Waals surface area contributed by atoms with E-state index in [-0.39, 0.29) is 5.97 Å². The molecule has 0 bridgehead atoms. The lowest BCUT2D eigenvalue weighted by molar-refractivity contribution is -0.142. The molecular formula is C11H21N5O2S. The molecule has 0 aliphatic heterocycles. The highest BCUT2D eigenvalue weighted by Gasteiger charge is 2.13. The van der Waals surface area contributed by atoms with Crippen LogP contribution in [0.1, 0.15) is 32.0 Å². The zero-order valence-electron chi connectivity index (χ0n) is 11.4. The number of nitrogens with zero attached hydrogens (tertiary/aromatic N) is 4. The zero-order chi connectivity index (χ0) is 14.1. The van der Waals surface area contributed by atoms with Gasteiger partial charge < -0.3 is 10.5 Å². The molecule has 108 valence electrons. The molecule has 0 spiro atoms. The van der Waals surface area contributed by atoms with Crippen molar-refractivity contribution in [2.24, 2.45) is 5.73 Å². The number of aryl methyl sites for hydroxylation is 1. The predicted octanol–water partition coefficient (Wildman–Crippen LogP) is 0.597. The van der Waals surface area contributed by atoms with E-state index in [1.54, 1.807) is 11.8 Å². The number of carbonyl (C=O) groups is 1. The van der Waals surface area contributed by atoms with Gasteiger partial charge in [0.25, 0.3) is 0 Å². The maximum absolute atomic E-state index is 11.1. The number of hydrogen-bond donors (Lipinski definition) is 1. The van der Waals surface area contributed by atoms with Gasteiger partial charge in [-0.2, -0.15) is 11.8 Å². The van der Waals surface area contributed by atoms with Gasteiger partial charge in [0, 0.05) is 6.54 Å². The molecule has 0 amide bonds. The zero-order valence-corrected chi connectivity index (χ0v) is 12.2. The SMILES string of the molecule is CCCCn1nnnc1CSCCC(N)C(=O)OC. The van der Waals surface area contributed by atoms with Gasteiger partial charge in [-0.3, -0.25) is 4.79 Å². The molecular weight excluding hydrogens is 266 g/mol. The van der Waals surface area contributed by atoms with Crippen LogP contribution in [0.25, 0.3) is 0 Å². The van der Waals surface area contributed by atoms with Crippen molar-refractivity contribution in [1.29, 1.82) is 0 Å². The second-order valence-electron chi connectivity index (χ2n) is 4.14. The van der Waals surface area contributed by atoms with Gasteiger partial charge in [0.05, 0.1) is 12.9 Å². The Morgan fingerprint density at radius 3 is 3.05 bits per heavy atom. The molecule has 0 saturated carbocycles. The van der Waals surface area contributed by atoms with Gasteiger partial charge in [-0.25, -0.2) is 4.68 Å². The molecule has 0 radical (unpaired) electrons. The Kier molecular flexibility index (Phi) is 7.42. The van der Waals surface area contributed by atoms with E-state index in [0.717, 1.165) is 36.7 Å². The number of hydrogen-bond acceptors (Lipinski definition) is 7. The Morgan fingerprint density at radius 1 is 1.58 bits per heavy atom. The Morgan fingerprint density at radius 2 is 2.37 bits per heavy atom. The van der Waals surface area contributed by atoms with E-state index in [1.807, 2.05) is 4.68 Å². The monoisotopic (exact) mass is 287 g/mol. The number of methoxy groups -OCH3 is 1. The highest BCUT2D eigenvalue weighted by molar-refractivity contribution is 7.98. The number of unbranched alkanes of at least 4 members (excludes halogenated alkanes) is 1. The quantitative estimate of drug-likeness (QED) is 0.524. The first-order valence-electron chi connectivity index (χ1n) is 6.35. The van der Waals surface area contributed by atoms with Crippen molar-refractivity contribution in [1.82, 2.24) is 20.2 Å². The lowest BCUT2D eigenvalue weighted by Crippen LogP contribution is -2.32. The molecule has 0 aliphatic rings. The molecule has 1 aromatic heterocycles. The number of esters is 1. The van der Waals surface area contributed by atoms with Crippen molar-refractivity contribution < 1.29 is 9.53 Å². The van der Waals surface area contributed by atoms with Crippen LogP contribution in [0.3, 0.4) is 0 Å². The molecule has 0 aromatic carbocycles. The molecule has 1 unspecified atom stereocenters. The number of nitrogens with two attached hydrogens (primary N) is 1. The molecule has 2 N–H and O–H groups in total. The molecule has 19 heavy (non-hydrogen) atoms. The fraction of sp³-hybridized carbons (Fsp3) is 0.818. The topological polar surface area (TPSA) is 95.9 Å². The van der Waals surface area contributed by atoms with Crippen LogP contribution in [0.5, 0.6) is 0 Å². The first kappa shape index (κ1) is 15.9. The summed E-state index contributed by atoms with van der Waals surface area (Å²) in [7, 11) is 1.34. The van der Waals surface area contributed by atoms with Crippen LogP contribution < -0.4 is 5.73 Å². The van der Waals surface area contributed by atoms with Gasteiger partial charge in [-0.1, -0.05) is 13.3 Å².